The highest BCUT2D eigenvalue weighted by molar-refractivity contribution is 7.13. The van der Waals surface area contributed by atoms with Gasteiger partial charge in [-0.2, -0.15) is 5.10 Å². The normalized spacial score (nSPS) is 10.8. The van der Waals surface area contributed by atoms with Gasteiger partial charge in [0.25, 0.3) is 11.6 Å². The molecule has 3 aromatic heterocycles. The summed E-state index contributed by atoms with van der Waals surface area (Å²) in [5.74, 6) is -0.220. The van der Waals surface area contributed by atoms with Gasteiger partial charge < -0.3 is 10.1 Å². The number of fused-ring (bicyclic) bond motifs is 1. The second kappa shape index (κ2) is 7.08. The van der Waals surface area contributed by atoms with Crippen LogP contribution in [0.15, 0.2) is 54.2 Å². The van der Waals surface area contributed by atoms with E-state index in [2.05, 4.69) is 15.4 Å². The van der Waals surface area contributed by atoms with Crippen molar-refractivity contribution >= 4 is 34.3 Å². The standard InChI is InChI=1S/C18H13N5O4S/c1-27-11-4-5-13(15(9-11)23(25)26)21-18(24)12-10-20-22-14(6-7-19-17(12)22)16-3-2-8-28-16/h2-10H,1H3,(H,21,24). The molecule has 0 bridgehead atoms. The average molecular weight is 395 g/mol. The number of ether oxygens (including phenoxy) is 1. The number of amides is 1. The monoisotopic (exact) mass is 395 g/mol. The van der Waals surface area contributed by atoms with E-state index in [0.717, 1.165) is 10.6 Å². The molecule has 28 heavy (non-hydrogen) atoms. The van der Waals surface area contributed by atoms with Gasteiger partial charge in [-0.3, -0.25) is 14.9 Å². The maximum Gasteiger partial charge on any atom is 0.296 e. The molecule has 1 N–H and O–H groups in total. The SMILES string of the molecule is COc1ccc(NC(=O)c2cnn3c(-c4cccs4)ccnc23)c([N+](=O)[O-])c1. The molecule has 0 atom stereocenters. The first-order valence-corrected chi connectivity index (χ1v) is 8.97. The predicted molar refractivity (Wildman–Crippen MR) is 104 cm³/mol. The van der Waals surface area contributed by atoms with Gasteiger partial charge in [0.05, 0.1) is 34.9 Å². The molecule has 140 valence electrons. The summed E-state index contributed by atoms with van der Waals surface area (Å²) in [6.45, 7) is 0. The van der Waals surface area contributed by atoms with Crippen LogP contribution in [-0.4, -0.2) is 32.5 Å². The summed E-state index contributed by atoms with van der Waals surface area (Å²) < 4.78 is 6.58. The Morgan fingerprint density at radius 1 is 1.32 bits per heavy atom. The van der Waals surface area contributed by atoms with E-state index in [0.29, 0.717) is 11.4 Å². The molecule has 0 aliphatic rings. The fourth-order valence-corrected chi connectivity index (χ4v) is 3.48. The maximum atomic E-state index is 12.8. The highest BCUT2D eigenvalue weighted by Crippen LogP contribution is 2.30. The van der Waals surface area contributed by atoms with Crippen molar-refractivity contribution in [1.29, 1.82) is 0 Å². The molecule has 0 spiro atoms. The molecule has 0 saturated heterocycles. The van der Waals surface area contributed by atoms with Crippen LogP contribution < -0.4 is 10.1 Å². The number of nitro benzene ring substituents is 1. The number of carbonyl (C=O) groups excluding carboxylic acids is 1. The van der Waals surface area contributed by atoms with Gasteiger partial charge in [-0.25, -0.2) is 9.50 Å². The number of anilines is 1. The first-order chi connectivity index (χ1) is 13.6. The quantitative estimate of drug-likeness (QED) is 0.408. The van der Waals surface area contributed by atoms with E-state index < -0.39 is 10.8 Å². The number of carbonyl (C=O) groups is 1. The minimum atomic E-state index is -0.582. The van der Waals surface area contributed by atoms with Crippen molar-refractivity contribution in [1.82, 2.24) is 14.6 Å². The first kappa shape index (κ1) is 17.6. The fraction of sp³-hybridized carbons (Fsp3) is 0.0556. The Balaban J connectivity index is 1.71. The number of nitro groups is 1. The second-order valence-electron chi connectivity index (χ2n) is 5.70. The van der Waals surface area contributed by atoms with E-state index in [1.807, 2.05) is 23.6 Å². The lowest BCUT2D eigenvalue weighted by Gasteiger charge is -2.07. The van der Waals surface area contributed by atoms with E-state index in [4.69, 9.17) is 4.74 Å². The third-order valence-corrected chi connectivity index (χ3v) is 4.96. The number of rotatable bonds is 5. The van der Waals surface area contributed by atoms with Crippen molar-refractivity contribution in [2.24, 2.45) is 0 Å². The molecule has 10 heteroatoms. The summed E-state index contributed by atoms with van der Waals surface area (Å²) in [6.07, 6.45) is 2.99. The zero-order valence-electron chi connectivity index (χ0n) is 14.5. The fourth-order valence-electron chi connectivity index (χ4n) is 2.75. The van der Waals surface area contributed by atoms with Crippen LogP contribution in [0.4, 0.5) is 11.4 Å². The summed E-state index contributed by atoms with van der Waals surface area (Å²) in [7, 11) is 1.41. The van der Waals surface area contributed by atoms with Crippen molar-refractivity contribution in [2.75, 3.05) is 12.4 Å². The Kier molecular flexibility index (Phi) is 4.45. The molecule has 0 saturated carbocycles. The molecule has 4 rings (SSSR count). The number of aromatic nitrogens is 3. The largest absolute Gasteiger partial charge is 0.496 e. The van der Waals surface area contributed by atoms with Crippen molar-refractivity contribution in [3.8, 4) is 16.3 Å². The molecular weight excluding hydrogens is 382 g/mol. The molecule has 0 unspecified atom stereocenters. The molecule has 0 aliphatic carbocycles. The molecule has 0 aliphatic heterocycles. The average Bonchev–Trinajstić information content (AvgIpc) is 3.37. The molecule has 0 fully saturated rings. The van der Waals surface area contributed by atoms with Gasteiger partial charge in [0.2, 0.25) is 0 Å². The summed E-state index contributed by atoms with van der Waals surface area (Å²) in [4.78, 5) is 28.7. The van der Waals surface area contributed by atoms with Gasteiger partial charge in [-0.15, -0.1) is 11.3 Å². The highest BCUT2D eigenvalue weighted by atomic mass is 32.1. The predicted octanol–water partition coefficient (Wildman–Crippen LogP) is 3.63. The van der Waals surface area contributed by atoms with Crippen LogP contribution in [0.25, 0.3) is 16.2 Å². The summed E-state index contributed by atoms with van der Waals surface area (Å²) in [5, 5.41) is 20.1. The molecule has 4 aromatic rings. The van der Waals surface area contributed by atoms with E-state index >= 15 is 0 Å². The van der Waals surface area contributed by atoms with Gasteiger partial charge in [0.1, 0.15) is 17.0 Å². The van der Waals surface area contributed by atoms with Gasteiger partial charge in [-0.05, 0) is 29.6 Å². The molecule has 3 heterocycles. The lowest BCUT2D eigenvalue weighted by Crippen LogP contribution is -2.13. The first-order valence-electron chi connectivity index (χ1n) is 8.09. The van der Waals surface area contributed by atoms with Crippen LogP contribution in [0.1, 0.15) is 10.4 Å². The smallest absolute Gasteiger partial charge is 0.296 e. The Labute approximate surface area is 162 Å². The minimum absolute atomic E-state index is 0.0598. The van der Waals surface area contributed by atoms with Crippen LogP contribution in [-0.2, 0) is 0 Å². The molecule has 1 aromatic carbocycles. The lowest BCUT2D eigenvalue weighted by molar-refractivity contribution is -0.384. The van der Waals surface area contributed by atoms with E-state index in [-0.39, 0.29) is 16.9 Å². The third kappa shape index (κ3) is 3.05. The second-order valence-corrected chi connectivity index (χ2v) is 6.64. The summed E-state index contributed by atoms with van der Waals surface area (Å²) in [5.41, 5.74) is 1.17. The van der Waals surface area contributed by atoms with Crippen LogP contribution in [0.2, 0.25) is 0 Å². The van der Waals surface area contributed by atoms with Gasteiger partial charge in [0.15, 0.2) is 5.65 Å². The van der Waals surface area contributed by atoms with Crippen molar-refractivity contribution in [3.05, 3.63) is 69.8 Å². The summed E-state index contributed by atoms with van der Waals surface area (Å²) in [6, 6.07) is 9.88. The highest BCUT2D eigenvalue weighted by Gasteiger charge is 2.21. The zero-order valence-corrected chi connectivity index (χ0v) is 15.3. The Hall–Kier alpha value is -3.79. The van der Waals surface area contributed by atoms with Crippen LogP contribution in [0, 0.1) is 10.1 Å². The Bertz CT molecular complexity index is 1190. The van der Waals surface area contributed by atoms with Crippen molar-refractivity contribution < 1.29 is 14.5 Å². The van der Waals surface area contributed by atoms with E-state index in [1.54, 1.807) is 22.0 Å². The topological polar surface area (TPSA) is 112 Å². The van der Waals surface area contributed by atoms with Crippen LogP contribution in [0.5, 0.6) is 5.75 Å². The van der Waals surface area contributed by atoms with Crippen molar-refractivity contribution in [3.63, 3.8) is 0 Å². The van der Waals surface area contributed by atoms with E-state index in [9.17, 15) is 14.9 Å². The summed E-state index contributed by atoms with van der Waals surface area (Å²) >= 11 is 1.54. The lowest BCUT2D eigenvalue weighted by atomic mass is 10.2. The van der Waals surface area contributed by atoms with Gasteiger partial charge in [0, 0.05) is 6.20 Å². The number of benzene rings is 1. The van der Waals surface area contributed by atoms with E-state index in [1.165, 1.54) is 31.5 Å². The zero-order chi connectivity index (χ0) is 19.7. The maximum absolute atomic E-state index is 12.8. The number of nitrogens with zero attached hydrogens (tertiary/aromatic N) is 4. The number of thiophene rings is 1. The number of methoxy groups -OCH3 is 1. The molecular formula is C18H13N5O4S. The Morgan fingerprint density at radius 3 is 2.89 bits per heavy atom. The van der Waals surface area contributed by atoms with Crippen LogP contribution >= 0.6 is 11.3 Å². The molecule has 1 amide bonds. The number of hydrogen-bond acceptors (Lipinski definition) is 7. The van der Waals surface area contributed by atoms with Crippen molar-refractivity contribution in [2.45, 2.75) is 0 Å². The number of nitrogens with one attached hydrogen (secondary N) is 1. The Morgan fingerprint density at radius 2 is 2.18 bits per heavy atom. The third-order valence-electron chi connectivity index (χ3n) is 4.07. The molecule has 0 radical (unpaired) electrons. The van der Waals surface area contributed by atoms with Gasteiger partial charge >= 0.3 is 0 Å². The minimum Gasteiger partial charge on any atom is -0.496 e. The van der Waals surface area contributed by atoms with Crippen LogP contribution in [0.3, 0.4) is 0 Å². The van der Waals surface area contributed by atoms with Gasteiger partial charge in [-0.1, -0.05) is 6.07 Å². The molecule has 9 nitrogen and oxygen atoms in total. The number of hydrogen-bond donors (Lipinski definition) is 1.